The van der Waals surface area contributed by atoms with E-state index in [1.807, 2.05) is 0 Å². The molecule has 3 aromatic rings. The summed E-state index contributed by atoms with van der Waals surface area (Å²) in [7, 11) is 0. The van der Waals surface area contributed by atoms with Gasteiger partial charge in [-0.1, -0.05) is 6.07 Å². The highest BCUT2D eigenvalue weighted by Gasteiger charge is 2.47. The molecule has 11 heteroatoms. The standard InChI is InChI=1S/C25H17FN2O8/c26-15-3-5-16(6-4-15)27-22(13-1-7-18(29)17(11-13)28(33)34)21(24(31)25(27)32)23(30)14-2-8-19-20(12-14)36-10-9-35-19/h1-8,11-12,22,29-30H,9-10H2/b23-21+. The number of nitro groups is 1. The average molecular weight is 492 g/mol. The molecule has 0 bridgehead atoms. The van der Waals surface area contributed by atoms with Crippen LogP contribution in [-0.4, -0.2) is 40.0 Å². The van der Waals surface area contributed by atoms with Crippen LogP contribution in [0.2, 0.25) is 0 Å². The monoisotopic (exact) mass is 492 g/mol. The van der Waals surface area contributed by atoms with Crippen LogP contribution >= 0.6 is 0 Å². The first-order valence-corrected chi connectivity index (χ1v) is 10.7. The predicted molar refractivity (Wildman–Crippen MR) is 123 cm³/mol. The highest BCUT2D eigenvalue weighted by Crippen LogP contribution is 2.44. The Labute approximate surface area is 202 Å². The van der Waals surface area contributed by atoms with Crippen LogP contribution in [0.15, 0.2) is 66.2 Å². The molecule has 2 aliphatic rings. The van der Waals surface area contributed by atoms with Crippen molar-refractivity contribution in [2.45, 2.75) is 6.04 Å². The molecule has 2 N–H and O–H groups in total. The summed E-state index contributed by atoms with van der Waals surface area (Å²) in [5.41, 5.74) is -0.658. The number of phenolic OH excluding ortho intramolecular Hbond substituents is 1. The highest BCUT2D eigenvalue weighted by molar-refractivity contribution is 6.51. The predicted octanol–water partition coefficient (Wildman–Crippen LogP) is 3.84. The van der Waals surface area contributed by atoms with Crippen molar-refractivity contribution in [1.29, 1.82) is 0 Å². The maximum atomic E-state index is 13.6. The van der Waals surface area contributed by atoms with Gasteiger partial charge in [-0.15, -0.1) is 0 Å². The van der Waals surface area contributed by atoms with E-state index in [2.05, 4.69) is 0 Å². The number of hydrogen-bond acceptors (Lipinski definition) is 8. The van der Waals surface area contributed by atoms with Crippen molar-refractivity contribution in [3.05, 3.63) is 93.3 Å². The third-order valence-corrected chi connectivity index (χ3v) is 5.88. The number of carbonyl (C=O) groups excluding carboxylic acids is 2. The first-order valence-electron chi connectivity index (χ1n) is 10.7. The molecule has 1 unspecified atom stereocenters. The van der Waals surface area contributed by atoms with Crippen LogP contribution in [-0.2, 0) is 9.59 Å². The van der Waals surface area contributed by atoms with Crippen molar-refractivity contribution in [1.82, 2.24) is 0 Å². The summed E-state index contributed by atoms with van der Waals surface area (Å²) in [6.45, 7) is 0.629. The van der Waals surface area contributed by atoms with Gasteiger partial charge in [0.15, 0.2) is 17.2 Å². The Balaban J connectivity index is 1.72. The summed E-state index contributed by atoms with van der Waals surface area (Å²) in [4.78, 5) is 38.0. The number of carbonyl (C=O) groups is 2. The Morgan fingerprint density at radius 3 is 2.39 bits per heavy atom. The molecule has 1 atom stereocenters. The number of ketones is 1. The van der Waals surface area contributed by atoms with Crippen LogP contribution in [0.4, 0.5) is 15.8 Å². The minimum Gasteiger partial charge on any atom is -0.507 e. The first-order chi connectivity index (χ1) is 17.3. The van der Waals surface area contributed by atoms with Gasteiger partial charge in [-0.05, 0) is 54.1 Å². The minimum atomic E-state index is -1.32. The summed E-state index contributed by atoms with van der Waals surface area (Å²) in [6.07, 6.45) is 0. The number of rotatable bonds is 4. The van der Waals surface area contributed by atoms with Crippen molar-refractivity contribution in [3.8, 4) is 17.2 Å². The number of nitro benzene ring substituents is 1. The molecule has 10 nitrogen and oxygen atoms in total. The number of nitrogens with zero attached hydrogens (tertiary/aromatic N) is 2. The van der Waals surface area contributed by atoms with E-state index in [1.54, 1.807) is 6.07 Å². The molecule has 1 amide bonds. The Morgan fingerprint density at radius 2 is 1.69 bits per heavy atom. The molecule has 36 heavy (non-hydrogen) atoms. The number of phenols is 1. The summed E-state index contributed by atoms with van der Waals surface area (Å²) in [5.74, 6) is -3.05. The minimum absolute atomic E-state index is 0.0714. The molecule has 0 saturated carbocycles. The maximum absolute atomic E-state index is 13.6. The summed E-state index contributed by atoms with van der Waals surface area (Å²) in [6, 6.07) is 11.2. The molecular weight excluding hydrogens is 475 g/mol. The molecule has 0 spiro atoms. The quantitative estimate of drug-likeness (QED) is 0.184. The first kappa shape index (κ1) is 22.8. The number of amides is 1. The van der Waals surface area contributed by atoms with Gasteiger partial charge < -0.3 is 19.7 Å². The van der Waals surface area contributed by atoms with E-state index in [9.17, 15) is 34.3 Å². The van der Waals surface area contributed by atoms with E-state index < -0.39 is 45.7 Å². The number of halogens is 1. The fourth-order valence-corrected chi connectivity index (χ4v) is 4.22. The summed E-state index contributed by atoms with van der Waals surface area (Å²) >= 11 is 0. The molecule has 0 aromatic heterocycles. The van der Waals surface area contributed by atoms with Crippen molar-refractivity contribution in [3.63, 3.8) is 0 Å². The van der Waals surface area contributed by atoms with E-state index in [1.165, 1.54) is 30.3 Å². The molecule has 2 heterocycles. The normalized spacial score (nSPS) is 18.4. The molecule has 0 radical (unpaired) electrons. The topological polar surface area (TPSA) is 139 Å². The van der Waals surface area contributed by atoms with Crippen LogP contribution in [0.5, 0.6) is 17.2 Å². The molecule has 3 aromatic carbocycles. The van der Waals surface area contributed by atoms with Crippen LogP contribution in [0.25, 0.3) is 5.76 Å². The number of Topliss-reactive ketones (excluding diaryl/α,β-unsaturated/α-hetero) is 1. The van der Waals surface area contributed by atoms with Gasteiger partial charge in [-0.2, -0.15) is 0 Å². The number of hydrogen-bond donors (Lipinski definition) is 2. The zero-order valence-corrected chi connectivity index (χ0v) is 18.4. The number of aromatic hydroxyl groups is 1. The smallest absolute Gasteiger partial charge is 0.311 e. The van der Waals surface area contributed by atoms with Crippen molar-refractivity contribution < 1.29 is 38.6 Å². The zero-order valence-electron chi connectivity index (χ0n) is 18.4. The van der Waals surface area contributed by atoms with E-state index in [0.29, 0.717) is 18.1 Å². The Bertz CT molecular complexity index is 1450. The number of benzene rings is 3. The van der Waals surface area contributed by atoms with Crippen LogP contribution in [0.1, 0.15) is 17.2 Å². The second-order valence-electron chi connectivity index (χ2n) is 8.01. The molecule has 1 fully saturated rings. The lowest BCUT2D eigenvalue weighted by Gasteiger charge is -2.25. The Morgan fingerprint density at radius 1 is 1.00 bits per heavy atom. The molecule has 5 rings (SSSR count). The Kier molecular flexibility index (Phi) is 5.51. The molecular formula is C25H17FN2O8. The van der Waals surface area contributed by atoms with E-state index in [-0.39, 0.29) is 29.0 Å². The van der Waals surface area contributed by atoms with Crippen LogP contribution in [0, 0.1) is 15.9 Å². The zero-order chi connectivity index (χ0) is 25.6. The van der Waals surface area contributed by atoms with Gasteiger partial charge in [0.05, 0.1) is 16.5 Å². The lowest BCUT2D eigenvalue weighted by Crippen LogP contribution is -2.29. The number of ether oxygens (including phenoxy) is 2. The van der Waals surface area contributed by atoms with Crippen molar-refractivity contribution >= 4 is 28.8 Å². The van der Waals surface area contributed by atoms with Crippen LogP contribution < -0.4 is 14.4 Å². The lowest BCUT2D eigenvalue weighted by atomic mass is 9.94. The van der Waals surface area contributed by atoms with E-state index >= 15 is 0 Å². The van der Waals surface area contributed by atoms with Gasteiger partial charge in [-0.25, -0.2) is 4.39 Å². The van der Waals surface area contributed by atoms with E-state index in [4.69, 9.17) is 9.47 Å². The fourth-order valence-electron chi connectivity index (χ4n) is 4.22. The van der Waals surface area contributed by atoms with Gasteiger partial charge in [0.25, 0.3) is 11.7 Å². The summed E-state index contributed by atoms with van der Waals surface area (Å²) in [5, 5.41) is 32.6. The third-order valence-electron chi connectivity index (χ3n) is 5.88. The summed E-state index contributed by atoms with van der Waals surface area (Å²) < 4.78 is 24.6. The van der Waals surface area contributed by atoms with Gasteiger partial charge in [0, 0.05) is 17.3 Å². The van der Waals surface area contributed by atoms with Gasteiger partial charge in [0.2, 0.25) is 0 Å². The lowest BCUT2D eigenvalue weighted by molar-refractivity contribution is -0.385. The number of anilines is 1. The van der Waals surface area contributed by atoms with Crippen LogP contribution in [0.3, 0.4) is 0 Å². The highest BCUT2D eigenvalue weighted by atomic mass is 19.1. The number of aliphatic hydroxyl groups is 1. The molecule has 182 valence electrons. The molecule has 1 saturated heterocycles. The van der Waals surface area contributed by atoms with Gasteiger partial charge >= 0.3 is 5.69 Å². The SMILES string of the molecule is O=C1C(=O)N(c2ccc(F)cc2)C(c2ccc(O)c([N+](=O)[O-])c2)/C1=C(\O)c1ccc2c(c1)OCCO2. The van der Waals surface area contributed by atoms with Crippen molar-refractivity contribution in [2.75, 3.05) is 18.1 Å². The second kappa shape index (κ2) is 8.69. The molecule has 2 aliphatic heterocycles. The maximum Gasteiger partial charge on any atom is 0.311 e. The second-order valence-corrected chi connectivity index (χ2v) is 8.01. The van der Waals surface area contributed by atoms with E-state index in [0.717, 1.165) is 29.2 Å². The Hall–Kier alpha value is -4.93. The average Bonchev–Trinajstić information content (AvgIpc) is 3.14. The molecule has 0 aliphatic carbocycles. The third kappa shape index (κ3) is 3.76. The fraction of sp³-hybridized carbons (Fsp3) is 0.120. The largest absolute Gasteiger partial charge is 0.507 e. The number of fused-ring (bicyclic) bond motifs is 1. The number of aliphatic hydroxyl groups excluding tert-OH is 1. The van der Waals surface area contributed by atoms with Gasteiger partial charge in [-0.3, -0.25) is 24.6 Å². The van der Waals surface area contributed by atoms with Crippen molar-refractivity contribution in [2.24, 2.45) is 0 Å². The van der Waals surface area contributed by atoms with Gasteiger partial charge in [0.1, 0.15) is 24.8 Å².